The minimum Gasteiger partial charge on any atom is -0.496 e. The maximum absolute atomic E-state index is 13.1. The van der Waals surface area contributed by atoms with Gasteiger partial charge in [0.2, 0.25) is 0 Å². The van der Waals surface area contributed by atoms with Gasteiger partial charge in [0.1, 0.15) is 11.8 Å². The summed E-state index contributed by atoms with van der Waals surface area (Å²) in [6, 6.07) is 9.32. The van der Waals surface area contributed by atoms with Gasteiger partial charge in [0, 0.05) is 27.0 Å². The SMILES string of the molecule is C=Cc1cc2cc(C3(OC(C)=O)CC(C(=O)OC)N(C(=O)OCC[Si](C)(C)C)C3)ccc2cc1OC. The van der Waals surface area contributed by atoms with Crippen LogP contribution in [0.15, 0.2) is 36.9 Å². The Labute approximate surface area is 213 Å². The van der Waals surface area contributed by atoms with Gasteiger partial charge in [0.15, 0.2) is 5.60 Å². The normalized spacial score (nSPS) is 19.6. The van der Waals surface area contributed by atoms with Gasteiger partial charge >= 0.3 is 18.0 Å². The second-order valence-electron chi connectivity index (χ2n) is 10.2. The van der Waals surface area contributed by atoms with Gasteiger partial charge in [-0.05, 0) is 40.6 Å². The van der Waals surface area contributed by atoms with E-state index in [0.29, 0.717) is 11.3 Å². The number of methoxy groups -OCH3 is 2. The summed E-state index contributed by atoms with van der Waals surface area (Å²) in [5.74, 6) is -0.418. The number of amides is 1. The van der Waals surface area contributed by atoms with E-state index in [-0.39, 0.29) is 19.6 Å². The smallest absolute Gasteiger partial charge is 0.410 e. The Kier molecular flexibility index (Phi) is 8.13. The molecule has 1 amide bonds. The largest absolute Gasteiger partial charge is 0.496 e. The molecule has 0 radical (unpaired) electrons. The Hall–Kier alpha value is -3.33. The first-order valence-corrected chi connectivity index (χ1v) is 15.6. The number of rotatable bonds is 8. The molecule has 0 bridgehead atoms. The molecular formula is C27H35NO7Si. The van der Waals surface area contributed by atoms with Crippen LogP contribution >= 0.6 is 0 Å². The Balaban J connectivity index is 2.03. The van der Waals surface area contributed by atoms with Crippen LogP contribution in [0.3, 0.4) is 0 Å². The van der Waals surface area contributed by atoms with Crippen LogP contribution in [0.1, 0.15) is 24.5 Å². The van der Waals surface area contributed by atoms with Crippen molar-refractivity contribution in [2.75, 3.05) is 27.4 Å². The predicted octanol–water partition coefficient (Wildman–Crippen LogP) is 4.97. The van der Waals surface area contributed by atoms with E-state index in [1.54, 1.807) is 13.2 Å². The van der Waals surface area contributed by atoms with E-state index in [4.69, 9.17) is 18.9 Å². The van der Waals surface area contributed by atoms with Crippen LogP contribution in [-0.4, -0.2) is 64.4 Å². The molecular weight excluding hydrogens is 478 g/mol. The van der Waals surface area contributed by atoms with E-state index in [0.717, 1.165) is 22.4 Å². The number of fused-ring (bicyclic) bond motifs is 1. The minimum absolute atomic E-state index is 0.0336. The standard InChI is InChI=1S/C27H35NO7Si/c1-8-19-13-21-14-22(10-9-20(21)15-24(19)32-3)27(35-18(2)29)16-23(25(30)33-4)28(17-27)26(31)34-11-12-36(5,6)7/h8-10,13-15,23H,1,11-12,16-17H2,2-7H3. The van der Waals surface area contributed by atoms with Gasteiger partial charge in [0.25, 0.3) is 0 Å². The molecule has 8 nitrogen and oxygen atoms in total. The van der Waals surface area contributed by atoms with Gasteiger partial charge in [-0.25, -0.2) is 9.59 Å². The van der Waals surface area contributed by atoms with Gasteiger partial charge in [-0.3, -0.25) is 9.69 Å². The number of likely N-dealkylation sites (tertiary alicyclic amines) is 1. The fourth-order valence-electron chi connectivity index (χ4n) is 4.47. The van der Waals surface area contributed by atoms with Crippen molar-refractivity contribution < 1.29 is 33.3 Å². The number of carbonyl (C=O) groups excluding carboxylic acids is 3. The second-order valence-corrected chi connectivity index (χ2v) is 15.9. The third-order valence-electron chi connectivity index (χ3n) is 6.38. The van der Waals surface area contributed by atoms with Crippen LogP contribution in [0.4, 0.5) is 4.79 Å². The molecule has 194 valence electrons. The van der Waals surface area contributed by atoms with Gasteiger partial charge in [-0.1, -0.05) is 44.4 Å². The molecule has 3 rings (SSSR count). The third-order valence-corrected chi connectivity index (χ3v) is 8.09. The molecule has 1 aliphatic rings. The van der Waals surface area contributed by atoms with Crippen LogP contribution in [0.5, 0.6) is 5.75 Å². The highest BCUT2D eigenvalue weighted by molar-refractivity contribution is 6.76. The molecule has 0 aromatic heterocycles. The average Bonchev–Trinajstić information content (AvgIpc) is 3.21. The zero-order chi connectivity index (χ0) is 26.7. The molecule has 36 heavy (non-hydrogen) atoms. The highest BCUT2D eigenvalue weighted by Crippen LogP contribution is 2.42. The minimum atomic E-state index is -1.43. The molecule has 1 aliphatic heterocycles. The Morgan fingerprint density at radius 2 is 1.86 bits per heavy atom. The zero-order valence-corrected chi connectivity index (χ0v) is 22.9. The summed E-state index contributed by atoms with van der Waals surface area (Å²) in [5.41, 5.74) is 0.233. The van der Waals surface area contributed by atoms with Gasteiger partial charge in [-0.15, -0.1) is 0 Å². The number of carbonyl (C=O) groups is 3. The highest BCUT2D eigenvalue weighted by Gasteiger charge is 2.53. The first kappa shape index (κ1) is 27.3. The van der Waals surface area contributed by atoms with Crippen LogP contribution in [-0.2, 0) is 29.4 Å². The number of ether oxygens (including phenoxy) is 4. The summed E-state index contributed by atoms with van der Waals surface area (Å²) >= 11 is 0. The van der Waals surface area contributed by atoms with Crippen LogP contribution in [0, 0.1) is 0 Å². The van der Waals surface area contributed by atoms with Gasteiger partial charge in [0.05, 0.1) is 27.4 Å². The van der Waals surface area contributed by atoms with E-state index in [9.17, 15) is 14.4 Å². The molecule has 2 unspecified atom stereocenters. The summed E-state index contributed by atoms with van der Waals surface area (Å²) in [4.78, 5) is 39.3. The molecule has 0 aliphatic carbocycles. The maximum Gasteiger partial charge on any atom is 0.410 e. The summed E-state index contributed by atoms with van der Waals surface area (Å²) in [6.45, 7) is 12.0. The molecule has 1 fully saturated rings. The van der Waals surface area contributed by atoms with E-state index in [1.165, 1.54) is 18.9 Å². The molecule has 0 spiro atoms. The van der Waals surface area contributed by atoms with Gasteiger partial charge in [-0.2, -0.15) is 0 Å². The summed E-state index contributed by atoms with van der Waals surface area (Å²) in [6.07, 6.45) is 1.13. The number of hydrogen-bond donors (Lipinski definition) is 0. The number of esters is 2. The molecule has 1 saturated heterocycles. The number of hydrogen-bond acceptors (Lipinski definition) is 7. The van der Waals surface area contributed by atoms with E-state index in [1.807, 2.05) is 30.3 Å². The van der Waals surface area contributed by atoms with Crippen molar-refractivity contribution in [3.8, 4) is 5.75 Å². The maximum atomic E-state index is 13.1. The lowest BCUT2D eigenvalue weighted by Crippen LogP contribution is -2.42. The Morgan fingerprint density at radius 1 is 1.14 bits per heavy atom. The zero-order valence-electron chi connectivity index (χ0n) is 21.9. The van der Waals surface area contributed by atoms with Crippen molar-refractivity contribution in [2.45, 2.75) is 50.7 Å². The molecule has 1 heterocycles. The summed E-state index contributed by atoms with van der Waals surface area (Å²) < 4.78 is 21.8. The lowest BCUT2D eigenvalue weighted by Gasteiger charge is -2.29. The van der Waals surface area contributed by atoms with Crippen LogP contribution in [0.25, 0.3) is 16.8 Å². The topological polar surface area (TPSA) is 91.4 Å². The fraction of sp³-hybridized carbons (Fsp3) is 0.444. The van der Waals surface area contributed by atoms with Crippen molar-refractivity contribution in [3.63, 3.8) is 0 Å². The molecule has 2 atom stereocenters. The van der Waals surface area contributed by atoms with E-state index < -0.39 is 37.7 Å². The third kappa shape index (κ3) is 5.89. The monoisotopic (exact) mass is 513 g/mol. The van der Waals surface area contributed by atoms with Gasteiger partial charge < -0.3 is 18.9 Å². The average molecular weight is 514 g/mol. The quantitative estimate of drug-likeness (QED) is 0.280. The Bertz CT molecular complexity index is 1170. The lowest BCUT2D eigenvalue weighted by molar-refractivity contribution is -0.157. The molecule has 2 aromatic rings. The summed E-state index contributed by atoms with van der Waals surface area (Å²) in [7, 11) is 1.44. The van der Waals surface area contributed by atoms with Crippen molar-refractivity contribution >= 4 is 43.0 Å². The Morgan fingerprint density at radius 3 is 2.44 bits per heavy atom. The number of benzene rings is 2. The van der Waals surface area contributed by atoms with E-state index in [2.05, 4.69) is 26.2 Å². The van der Waals surface area contributed by atoms with E-state index >= 15 is 0 Å². The highest BCUT2D eigenvalue weighted by atomic mass is 28.3. The van der Waals surface area contributed by atoms with Crippen molar-refractivity contribution in [2.24, 2.45) is 0 Å². The van der Waals surface area contributed by atoms with Crippen molar-refractivity contribution in [1.82, 2.24) is 4.90 Å². The number of nitrogens with zero attached hydrogens (tertiary/aromatic N) is 1. The van der Waals surface area contributed by atoms with Crippen molar-refractivity contribution in [1.29, 1.82) is 0 Å². The molecule has 0 N–H and O–H groups in total. The first-order chi connectivity index (χ1) is 16.9. The molecule has 9 heteroatoms. The lowest BCUT2D eigenvalue weighted by atomic mass is 9.88. The fourth-order valence-corrected chi connectivity index (χ4v) is 5.18. The van der Waals surface area contributed by atoms with Crippen LogP contribution < -0.4 is 4.74 Å². The van der Waals surface area contributed by atoms with Crippen molar-refractivity contribution in [3.05, 3.63) is 48.0 Å². The first-order valence-electron chi connectivity index (χ1n) is 11.9. The van der Waals surface area contributed by atoms with Crippen LogP contribution in [0.2, 0.25) is 25.7 Å². The molecule has 0 saturated carbocycles. The predicted molar refractivity (Wildman–Crippen MR) is 141 cm³/mol. The molecule has 2 aromatic carbocycles. The second kappa shape index (κ2) is 10.7. The summed E-state index contributed by atoms with van der Waals surface area (Å²) in [5, 5.41) is 1.80.